The Morgan fingerprint density at radius 3 is 2.33 bits per heavy atom. The maximum atomic E-state index is 6.38. The highest BCUT2D eigenvalue weighted by Gasteiger charge is 2.16. The second-order valence-electron chi connectivity index (χ2n) is 5.70. The molecule has 2 aromatic carbocycles. The smallest absolute Gasteiger partial charge is 0.146 e. The van der Waals surface area contributed by atoms with Crippen LogP contribution in [0.1, 0.15) is 43.6 Å². The molecule has 3 heteroatoms. The summed E-state index contributed by atoms with van der Waals surface area (Å²) >= 11 is 6.38. The Kier molecular flexibility index (Phi) is 4.35. The van der Waals surface area contributed by atoms with Crippen molar-refractivity contribution in [1.29, 1.82) is 0 Å². The minimum atomic E-state index is 0.654. The van der Waals surface area contributed by atoms with Crippen molar-refractivity contribution in [3.63, 3.8) is 0 Å². The molecule has 1 saturated carbocycles. The number of rotatable bonds is 3. The lowest BCUT2D eigenvalue weighted by molar-refractivity contribution is 0.442. The second kappa shape index (κ2) is 6.40. The quantitative estimate of drug-likeness (QED) is 0.731. The highest BCUT2D eigenvalue weighted by Crippen LogP contribution is 2.37. The predicted molar refractivity (Wildman–Crippen MR) is 88.2 cm³/mol. The molecule has 0 unspecified atom stereocenters. The van der Waals surface area contributed by atoms with Crippen LogP contribution in [-0.2, 0) is 0 Å². The van der Waals surface area contributed by atoms with Gasteiger partial charge < -0.3 is 10.5 Å². The summed E-state index contributed by atoms with van der Waals surface area (Å²) in [5.74, 6) is 2.10. The van der Waals surface area contributed by atoms with E-state index >= 15 is 0 Å². The molecular formula is C18H20ClNO. The standard InChI is InChI=1S/C18H20ClNO/c19-17-12-14(13-4-2-1-3-5-13)6-11-18(17)21-16-9-7-15(20)8-10-16/h6-13H,1-5,20H2. The van der Waals surface area contributed by atoms with E-state index in [1.54, 1.807) is 0 Å². The van der Waals surface area contributed by atoms with Gasteiger partial charge >= 0.3 is 0 Å². The van der Waals surface area contributed by atoms with Gasteiger partial charge in [0.1, 0.15) is 11.5 Å². The highest BCUT2D eigenvalue weighted by atomic mass is 35.5. The van der Waals surface area contributed by atoms with Gasteiger partial charge in [0.05, 0.1) is 5.02 Å². The van der Waals surface area contributed by atoms with Crippen LogP contribution in [0.3, 0.4) is 0 Å². The molecule has 0 spiro atoms. The number of hydrogen-bond donors (Lipinski definition) is 1. The van der Waals surface area contributed by atoms with Gasteiger partial charge in [0.2, 0.25) is 0 Å². The molecule has 110 valence electrons. The molecule has 0 aliphatic heterocycles. The van der Waals surface area contributed by atoms with Crippen molar-refractivity contribution in [2.24, 2.45) is 0 Å². The van der Waals surface area contributed by atoms with Gasteiger partial charge in [-0.25, -0.2) is 0 Å². The lowest BCUT2D eigenvalue weighted by Gasteiger charge is -2.22. The molecule has 1 fully saturated rings. The van der Waals surface area contributed by atoms with Crippen LogP contribution in [0, 0.1) is 0 Å². The number of halogens is 1. The number of ether oxygens (including phenoxy) is 1. The van der Waals surface area contributed by atoms with Crippen molar-refractivity contribution in [2.45, 2.75) is 38.0 Å². The van der Waals surface area contributed by atoms with Crippen LogP contribution in [0.25, 0.3) is 0 Å². The molecule has 0 saturated heterocycles. The van der Waals surface area contributed by atoms with E-state index < -0.39 is 0 Å². The fraction of sp³-hybridized carbons (Fsp3) is 0.333. The van der Waals surface area contributed by atoms with E-state index in [4.69, 9.17) is 22.1 Å². The van der Waals surface area contributed by atoms with Gasteiger partial charge in [-0.1, -0.05) is 36.9 Å². The molecule has 1 aliphatic carbocycles. The van der Waals surface area contributed by atoms with Gasteiger partial charge in [-0.2, -0.15) is 0 Å². The van der Waals surface area contributed by atoms with Crippen molar-refractivity contribution < 1.29 is 4.74 Å². The van der Waals surface area contributed by atoms with Gasteiger partial charge in [-0.05, 0) is 60.7 Å². The minimum absolute atomic E-state index is 0.654. The molecule has 0 radical (unpaired) electrons. The zero-order valence-electron chi connectivity index (χ0n) is 12.0. The summed E-state index contributed by atoms with van der Waals surface area (Å²) in [6.07, 6.45) is 6.56. The van der Waals surface area contributed by atoms with Crippen molar-refractivity contribution in [3.05, 3.63) is 53.1 Å². The van der Waals surface area contributed by atoms with Gasteiger partial charge in [0.25, 0.3) is 0 Å². The Hall–Kier alpha value is -1.67. The van der Waals surface area contributed by atoms with E-state index in [1.807, 2.05) is 30.3 Å². The summed E-state index contributed by atoms with van der Waals surface area (Å²) in [7, 11) is 0. The molecular weight excluding hydrogens is 282 g/mol. The molecule has 3 rings (SSSR count). The topological polar surface area (TPSA) is 35.2 Å². The number of benzene rings is 2. The Bertz CT molecular complexity index is 603. The maximum Gasteiger partial charge on any atom is 0.146 e. The van der Waals surface area contributed by atoms with E-state index in [1.165, 1.54) is 37.7 Å². The third-order valence-electron chi connectivity index (χ3n) is 4.14. The molecule has 21 heavy (non-hydrogen) atoms. The fourth-order valence-electron chi connectivity index (χ4n) is 2.95. The van der Waals surface area contributed by atoms with Crippen molar-refractivity contribution >= 4 is 17.3 Å². The Morgan fingerprint density at radius 1 is 0.952 bits per heavy atom. The summed E-state index contributed by atoms with van der Waals surface area (Å²) in [6.45, 7) is 0. The Labute approximate surface area is 130 Å². The predicted octanol–water partition coefficient (Wildman–Crippen LogP) is 5.76. The fourth-order valence-corrected chi connectivity index (χ4v) is 3.18. The van der Waals surface area contributed by atoms with E-state index in [-0.39, 0.29) is 0 Å². The summed E-state index contributed by atoms with van der Waals surface area (Å²) in [4.78, 5) is 0. The number of hydrogen-bond acceptors (Lipinski definition) is 2. The average Bonchev–Trinajstić information content (AvgIpc) is 2.52. The molecule has 2 nitrogen and oxygen atoms in total. The molecule has 0 bridgehead atoms. The maximum absolute atomic E-state index is 6.38. The minimum Gasteiger partial charge on any atom is -0.456 e. The first-order valence-corrected chi connectivity index (χ1v) is 7.93. The van der Waals surface area contributed by atoms with E-state index in [0.717, 1.165) is 11.4 Å². The van der Waals surface area contributed by atoms with Gasteiger partial charge in [-0.3, -0.25) is 0 Å². The summed E-state index contributed by atoms with van der Waals surface area (Å²) < 4.78 is 5.82. The molecule has 0 atom stereocenters. The largest absolute Gasteiger partial charge is 0.456 e. The van der Waals surface area contributed by atoms with Crippen LogP contribution in [0.4, 0.5) is 5.69 Å². The molecule has 0 aromatic heterocycles. The summed E-state index contributed by atoms with van der Waals surface area (Å²) in [6, 6.07) is 13.5. The van der Waals surface area contributed by atoms with Crippen molar-refractivity contribution in [1.82, 2.24) is 0 Å². The Morgan fingerprint density at radius 2 is 1.67 bits per heavy atom. The van der Waals surface area contributed by atoms with Crippen LogP contribution < -0.4 is 10.5 Å². The number of nitrogens with two attached hydrogens (primary N) is 1. The third kappa shape index (κ3) is 3.51. The normalized spacial score (nSPS) is 15.9. The summed E-state index contributed by atoms with van der Waals surface area (Å²) in [5, 5.41) is 0.676. The van der Waals surface area contributed by atoms with Gasteiger partial charge in [0.15, 0.2) is 0 Å². The van der Waals surface area contributed by atoms with Gasteiger partial charge in [-0.15, -0.1) is 0 Å². The molecule has 1 aliphatic rings. The first-order chi connectivity index (χ1) is 10.2. The zero-order valence-corrected chi connectivity index (χ0v) is 12.8. The van der Waals surface area contributed by atoms with E-state index in [2.05, 4.69) is 12.1 Å². The first-order valence-electron chi connectivity index (χ1n) is 7.55. The second-order valence-corrected chi connectivity index (χ2v) is 6.10. The molecule has 0 heterocycles. The van der Waals surface area contributed by atoms with Crippen LogP contribution >= 0.6 is 11.6 Å². The highest BCUT2D eigenvalue weighted by molar-refractivity contribution is 6.32. The number of anilines is 1. The van der Waals surface area contributed by atoms with Crippen molar-refractivity contribution in [2.75, 3.05) is 5.73 Å². The van der Waals surface area contributed by atoms with Gasteiger partial charge in [0, 0.05) is 5.69 Å². The monoisotopic (exact) mass is 301 g/mol. The third-order valence-corrected chi connectivity index (χ3v) is 4.44. The first kappa shape index (κ1) is 14.3. The SMILES string of the molecule is Nc1ccc(Oc2ccc(C3CCCCC3)cc2Cl)cc1. The zero-order chi connectivity index (χ0) is 14.7. The van der Waals surface area contributed by atoms with Crippen LogP contribution in [0.2, 0.25) is 5.02 Å². The molecule has 2 N–H and O–H groups in total. The average molecular weight is 302 g/mol. The van der Waals surface area contributed by atoms with Crippen molar-refractivity contribution in [3.8, 4) is 11.5 Å². The molecule has 0 amide bonds. The number of nitrogen functional groups attached to an aromatic ring is 1. The lowest BCUT2D eigenvalue weighted by atomic mass is 9.84. The Balaban J connectivity index is 1.76. The van der Waals surface area contributed by atoms with Crippen LogP contribution in [0.15, 0.2) is 42.5 Å². The van der Waals surface area contributed by atoms with E-state index in [9.17, 15) is 0 Å². The van der Waals surface area contributed by atoms with E-state index in [0.29, 0.717) is 16.7 Å². The lowest BCUT2D eigenvalue weighted by Crippen LogP contribution is -2.04. The summed E-state index contributed by atoms with van der Waals surface area (Å²) in [5.41, 5.74) is 7.73. The molecule has 2 aromatic rings. The van der Waals surface area contributed by atoms with Crippen LogP contribution in [0.5, 0.6) is 11.5 Å². The van der Waals surface area contributed by atoms with Crippen LogP contribution in [-0.4, -0.2) is 0 Å².